The van der Waals surface area contributed by atoms with Gasteiger partial charge in [0.05, 0.1) is 5.52 Å². The number of benzene rings is 1. The smallest absolute Gasteiger partial charge is 0.349 e. The molecule has 0 amide bonds. The number of alkyl halides is 3. The van der Waals surface area contributed by atoms with Gasteiger partial charge in [-0.1, -0.05) is 6.07 Å². The van der Waals surface area contributed by atoms with Crippen molar-refractivity contribution in [1.82, 2.24) is 4.98 Å². The van der Waals surface area contributed by atoms with Gasteiger partial charge in [-0.2, -0.15) is 13.2 Å². The van der Waals surface area contributed by atoms with Crippen LogP contribution in [-0.2, 0) is 6.18 Å². The van der Waals surface area contributed by atoms with Gasteiger partial charge in [0.25, 0.3) is 0 Å². The number of aryl methyl sites for hydroxylation is 1. The molecule has 0 bridgehead atoms. The van der Waals surface area contributed by atoms with Gasteiger partial charge in [-0.15, -0.1) is 0 Å². The molecule has 0 fully saturated rings. The maximum absolute atomic E-state index is 13.2. The van der Waals surface area contributed by atoms with Crippen molar-refractivity contribution in [3.8, 4) is 0 Å². The van der Waals surface area contributed by atoms with Crippen molar-refractivity contribution in [3.05, 3.63) is 35.3 Å². The molecule has 0 radical (unpaired) electrons. The Kier molecular flexibility index (Phi) is 1.99. The molecule has 0 saturated carbocycles. The van der Waals surface area contributed by atoms with Crippen molar-refractivity contribution >= 4 is 10.9 Å². The number of aromatic nitrogens is 1. The SMILES string of the molecule is Cc1ccc(F)c2[nH]c(C(F)(F)F)cc12. The maximum Gasteiger partial charge on any atom is 0.431 e. The number of fused-ring (bicyclic) bond motifs is 1. The predicted molar refractivity (Wildman–Crippen MR) is 48.0 cm³/mol. The lowest BCUT2D eigenvalue weighted by Crippen LogP contribution is -2.04. The van der Waals surface area contributed by atoms with Crippen molar-refractivity contribution in [1.29, 1.82) is 0 Å². The van der Waals surface area contributed by atoms with E-state index in [0.29, 0.717) is 5.56 Å². The number of halogens is 4. The van der Waals surface area contributed by atoms with Gasteiger partial charge in [0.2, 0.25) is 0 Å². The first-order valence-corrected chi connectivity index (χ1v) is 4.24. The van der Waals surface area contributed by atoms with E-state index < -0.39 is 17.7 Å². The van der Waals surface area contributed by atoms with Crippen LogP contribution in [0.25, 0.3) is 10.9 Å². The van der Waals surface area contributed by atoms with Crippen LogP contribution in [0, 0.1) is 12.7 Å². The van der Waals surface area contributed by atoms with E-state index in [1.165, 1.54) is 6.07 Å². The highest BCUT2D eigenvalue weighted by molar-refractivity contribution is 5.84. The molecule has 0 spiro atoms. The van der Waals surface area contributed by atoms with Crippen LogP contribution in [0.1, 0.15) is 11.3 Å². The number of hydrogen-bond donors (Lipinski definition) is 1. The maximum atomic E-state index is 13.2. The molecule has 0 aliphatic heterocycles. The minimum Gasteiger partial charge on any atom is -0.349 e. The Labute approximate surface area is 82.7 Å². The monoisotopic (exact) mass is 217 g/mol. The van der Waals surface area contributed by atoms with Crippen molar-refractivity contribution in [3.63, 3.8) is 0 Å². The predicted octanol–water partition coefficient (Wildman–Crippen LogP) is 3.63. The number of H-pyrrole nitrogens is 1. The summed E-state index contributed by atoms with van der Waals surface area (Å²) in [5.74, 6) is -0.675. The topological polar surface area (TPSA) is 15.8 Å². The lowest BCUT2D eigenvalue weighted by atomic mass is 10.1. The van der Waals surface area contributed by atoms with Crippen LogP contribution >= 0.6 is 0 Å². The van der Waals surface area contributed by atoms with Crippen LogP contribution in [0.15, 0.2) is 18.2 Å². The van der Waals surface area contributed by atoms with Gasteiger partial charge in [0.1, 0.15) is 11.5 Å². The quantitative estimate of drug-likeness (QED) is 0.648. The summed E-state index contributed by atoms with van der Waals surface area (Å²) < 4.78 is 50.2. The molecule has 0 saturated heterocycles. The van der Waals surface area contributed by atoms with Gasteiger partial charge in [0.15, 0.2) is 0 Å². The minimum atomic E-state index is -4.47. The third kappa shape index (κ3) is 1.58. The van der Waals surface area contributed by atoms with Gasteiger partial charge < -0.3 is 4.98 Å². The highest BCUT2D eigenvalue weighted by atomic mass is 19.4. The van der Waals surface area contributed by atoms with E-state index in [2.05, 4.69) is 0 Å². The Hall–Kier alpha value is -1.52. The summed E-state index contributed by atoms with van der Waals surface area (Å²) in [6.07, 6.45) is -4.47. The molecule has 0 unspecified atom stereocenters. The molecule has 1 nitrogen and oxygen atoms in total. The number of hydrogen-bond acceptors (Lipinski definition) is 0. The molecule has 80 valence electrons. The molecule has 5 heteroatoms. The summed E-state index contributed by atoms with van der Waals surface area (Å²) in [5.41, 5.74) is -0.411. The van der Waals surface area contributed by atoms with Crippen LogP contribution < -0.4 is 0 Å². The molecule has 0 aliphatic carbocycles. The Morgan fingerprint density at radius 1 is 1.20 bits per heavy atom. The number of aromatic amines is 1. The zero-order valence-electron chi connectivity index (χ0n) is 7.74. The second kappa shape index (κ2) is 2.98. The molecule has 1 aromatic carbocycles. The number of nitrogens with one attached hydrogen (secondary N) is 1. The van der Waals surface area contributed by atoms with E-state index in [4.69, 9.17) is 0 Å². The lowest BCUT2D eigenvalue weighted by molar-refractivity contribution is -0.140. The molecule has 1 aromatic heterocycles. The average Bonchev–Trinajstić information content (AvgIpc) is 2.56. The second-order valence-corrected chi connectivity index (χ2v) is 3.33. The Bertz CT molecular complexity index is 471. The number of rotatable bonds is 0. The van der Waals surface area contributed by atoms with Crippen molar-refractivity contribution in [2.75, 3.05) is 0 Å². The fourth-order valence-electron chi connectivity index (χ4n) is 1.48. The fourth-order valence-corrected chi connectivity index (χ4v) is 1.48. The van der Waals surface area contributed by atoms with Crippen LogP contribution in [0.4, 0.5) is 17.6 Å². The minimum absolute atomic E-state index is 0.0951. The summed E-state index contributed by atoms with van der Waals surface area (Å²) >= 11 is 0. The molecule has 2 aromatic rings. The average molecular weight is 217 g/mol. The van der Waals surface area contributed by atoms with Gasteiger partial charge >= 0.3 is 6.18 Å². The zero-order chi connectivity index (χ0) is 11.2. The van der Waals surface area contributed by atoms with Gasteiger partial charge in [-0.05, 0) is 24.6 Å². The molecule has 0 atom stereocenters. The van der Waals surface area contributed by atoms with E-state index >= 15 is 0 Å². The second-order valence-electron chi connectivity index (χ2n) is 3.33. The molecule has 1 heterocycles. The van der Waals surface area contributed by atoms with E-state index in [-0.39, 0.29) is 10.9 Å². The normalized spacial score (nSPS) is 12.3. The standard InChI is InChI=1S/C10H7F4N/c1-5-2-3-7(11)9-6(5)4-8(15-9)10(12,13)14/h2-4,15H,1H3. The third-order valence-electron chi connectivity index (χ3n) is 2.27. The van der Waals surface area contributed by atoms with Crippen molar-refractivity contribution in [2.45, 2.75) is 13.1 Å². The lowest BCUT2D eigenvalue weighted by Gasteiger charge is -2.00. The third-order valence-corrected chi connectivity index (χ3v) is 2.27. The van der Waals surface area contributed by atoms with Crippen LogP contribution in [0.2, 0.25) is 0 Å². The van der Waals surface area contributed by atoms with E-state index in [9.17, 15) is 17.6 Å². The van der Waals surface area contributed by atoms with E-state index in [1.54, 1.807) is 6.92 Å². The summed E-state index contributed by atoms with van der Waals surface area (Å²) in [6, 6.07) is 3.52. The van der Waals surface area contributed by atoms with Crippen LogP contribution in [0.5, 0.6) is 0 Å². The van der Waals surface area contributed by atoms with Gasteiger partial charge in [0, 0.05) is 5.39 Å². The molecular weight excluding hydrogens is 210 g/mol. The molecule has 0 aliphatic rings. The van der Waals surface area contributed by atoms with Crippen molar-refractivity contribution in [2.24, 2.45) is 0 Å². The summed E-state index contributed by atoms with van der Waals surface area (Å²) in [4.78, 5) is 2.04. The van der Waals surface area contributed by atoms with Gasteiger partial charge in [-0.3, -0.25) is 0 Å². The van der Waals surface area contributed by atoms with Crippen LogP contribution in [-0.4, -0.2) is 4.98 Å². The fraction of sp³-hybridized carbons (Fsp3) is 0.200. The molecule has 2 rings (SSSR count). The Morgan fingerprint density at radius 2 is 1.87 bits per heavy atom. The molecule has 15 heavy (non-hydrogen) atoms. The summed E-state index contributed by atoms with van der Waals surface area (Å²) in [6.45, 7) is 1.63. The van der Waals surface area contributed by atoms with E-state index in [1.807, 2.05) is 4.98 Å². The van der Waals surface area contributed by atoms with Crippen LogP contribution in [0.3, 0.4) is 0 Å². The first-order chi connectivity index (χ1) is 6.89. The molecule has 1 N–H and O–H groups in total. The highest BCUT2D eigenvalue weighted by Crippen LogP contribution is 2.32. The van der Waals surface area contributed by atoms with Gasteiger partial charge in [-0.25, -0.2) is 4.39 Å². The van der Waals surface area contributed by atoms with E-state index in [0.717, 1.165) is 12.1 Å². The largest absolute Gasteiger partial charge is 0.431 e. The Morgan fingerprint density at radius 3 is 2.40 bits per heavy atom. The highest BCUT2D eigenvalue weighted by Gasteiger charge is 2.33. The first-order valence-electron chi connectivity index (χ1n) is 4.24. The Balaban J connectivity index is 2.76. The molecular formula is C10H7F4N. The zero-order valence-corrected chi connectivity index (χ0v) is 7.74. The summed E-state index contributed by atoms with van der Waals surface area (Å²) in [7, 11) is 0. The first kappa shape index (κ1) is 10.0. The summed E-state index contributed by atoms with van der Waals surface area (Å²) in [5, 5.41) is 0.266. The van der Waals surface area contributed by atoms with Crippen molar-refractivity contribution < 1.29 is 17.6 Å².